The molecule has 3 aromatic carbocycles. The second-order valence-electron chi connectivity index (χ2n) is 9.24. The average Bonchev–Trinajstić information content (AvgIpc) is 2.90. The quantitative estimate of drug-likeness (QED) is 0.244. The highest BCUT2D eigenvalue weighted by Crippen LogP contribution is 2.38. The van der Waals surface area contributed by atoms with Crippen LogP contribution in [0.25, 0.3) is 6.08 Å². The van der Waals surface area contributed by atoms with Gasteiger partial charge in [0.05, 0.1) is 17.3 Å². The summed E-state index contributed by atoms with van der Waals surface area (Å²) in [5.41, 5.74) is 3.55. The molecule has 0 radical (unpaired) electrons. The van der Waals surface area contributed by atoms with Gasteiger partial charge in [0.1, 0.15) is 5.57 Å². The summed E-state index contributed by atoms with van der Waals surface area (Å²) in [4.78, 5) is 52.0. The zero-order valence-corrected chi connectivity index (χ0v) is 24.3. The summed E-state index contributed by atoms with van der Waals surface area (Å²) in [5, 5.41) is 5.40. The monoisotopic (exact) mass is 595 g/mol. The molecule has 1 aliphatic heterocycles. The molecule has 0 bridgehead atoms. The Kier molecular flexibility index (Phi) is 9.00. The third-order valence-corrected chi connectivity index (χ3v) is 7.05. The van der Waals surface area contributed by atoms with Crippen molar-refractivity contribution in [2.45, 2.75) is 27.7 Å². The van der Waals surface area contributed by atoms with Crippen molar-refractivity contribution in [2.75, 3.05) is 23.4 Å². The first-order valence-electron chi connectivity index (χ1n) is 12.6. The van der Waals surface area contributed by atoms with Crippen molar-refractivity contribution >= 4 is 64.4 Å². The molecule has 0 aromatic heterocycles. The molecule has 4 rings (SSSR count). The number of carbonyl (C=O) groups excluding carboxylic acids is 4. The Labute approximate surface area is 247 Å². The molecule has 3 aromatic rings. The molecular formula is C30H27Cl2N3O6. The van der Waals surface area contributed by atoms with Crippen LogP contribution in [-0.4, -0.2) is 37.0 Å². The van der Waals surface area contributed by atoms with Gasteiger partial charge in [0.2, 0.25) is 0 Å². The summed E-state index contributed by atoms with van der Waals surface area (Å²) < 4.78 is 11.4. The lowest BCUT2D eigenvalue weighted by molar-refractivity contribution is -0.122. The van der Waals surface area contributed by atoms with E-state index in [4.69, 9.17) is 32.7 Å². The number of hydrogen-bond acceptors (Lipinski definition) is 6. The number of hydrogen-bond donors (Lipinski definition) is 2. The minimum Gasteiger partial charge on any atom is -0.490 e. The Hall–Kier alpha value is -4.34. The van der Waals surface area contributed by atoms with E-state index >= 15 is 0 Å². The van der Waals surface area contributed by atoms with Gasteiger partial charge in [-0.3, -0.25) is 19.7 Å². The Morgan fingerprint density at radius 2 is 1.73 bits per heavy atom. The zero-order chi connectivity index (χ0) is 29.8. The smallest absolute Gasteiger partial charge is 0.335 e. The van der Waals surface area contributed by atoms with Crippen molar-refractivity contribution in [2.24, 2.45) is 0 Å². The van der Waals surface area contributed by atoms with Crippen LogP contribution in [0, 0.1) is 20.8 Å². The number of amides is 5. The van der Waals surface area contributed by atoms with Crippen LogP contribution in [0.2, 0.25) is 10.0 Å². The first-order chi connectivity index (χ1) is 19.5. The van der Waals surface area contributed by atoms with Crippen LogP contribution in [0.4, 0.5) is 16.2 Å². The van der Waals surface area contributed by atoms with Crippen molar-refractivity contribution in [3.63, 3.8) is 0 Å². The lowest BCUT2D eigenvalue weighted by atomic mass is 10.1. The first kappa shape index (κ1) is 29.6. The van der Waals surface area contributed by atoms with Gasteiger partial charge in [-0.25, -0.2) is 9.69 Å². The molecule has 5 amide bonds. The van der Waals surface area contributed by atoms with E-state index in [1.54, 1.807) is 38.1 Å². The van der Waals surface area contributed by atoms with Gasteiger partial charge in [0.25, 0.3) is 17.7 Å². The van der Waals surface area contributed by atoms with E-state index in [0.29, 0.717) is 21.8 Å². The number of benzene rings is 3. The van der Waals surface area contributed by atoms with E-state index in [2.05, 4.69) is 10.6 Å². The Balaban J connectivity index is 1.59. The first-order valence-corrected chi connectivity index (χ1v) is 13.4. The Morgan fingerprint density at radius 1 is 0.976 bits per heavy atom. The number of imide groups is 2. The predicted octanol–water partition coefficient (Wildman–Crippen LogP) is 6.00. The van der Waals surface area contributed by atoms with Crippen molar-refractivity contribution in [3.8, 4) is 11.5 Å². The second-order valence-corrected chi connectivity index (χ2v) is 10.1. The van der Waals surface area contributed by atoms with Gasteiger partial charge in [0.15, 0.2) is 18.1 Å². The van der Waals surface area contributed by atoms with E-state index in [1.807, 2.05) is 26.0 Å². The van der Waals surface area contributed by atoms with Crippen LogP contribution < -0.4 is 25.0 Å². The molecule has 1 saturated heterocycles. The molecule has 0 unspecified atom stereocenters. The molecule has 0 aliphatic carbocycles. The fourth-order valence-electron chi connectivity index (χ4n) is 4.11. The lowest BCUT2D eigenvalue weighted by Gasteiger charge is -2.27. The largest absolute Gasteiger partial charge is 0.490 e. The molecule has 1 heterocycles. The number of anilines is 2. The molecule has 9 nitrogen and oxygen atoms in total. The maximum Gasteiger partial charge on any atom is 0.335 e. The lowest BCUT2D eigenvalue weighted by Crippen LogP contribution is -2.54. The number of urea groups is 1. The minimum atomic E-state index is -0.890. The molecule has 0 atom stereocenters. The van der Waals surface area contributed by atoms with Crippen molar-refractivity contribution in [1.29, 1.82) is 0 Å². The highest BCUT2D eigenvalue weighted by atomic mass is 35.5. The number of halogens is 2. The van der Waals surface area contributed by atoms with Crippen LogP contribution >= 0.6 is 23.2 Å². The van der Waals surface area contributed by atoms with Crippen LogP contribution in [0.1, 0.15) is 29.2 Å². The van der Waals surface area contributed by atoms with Gasteiger partial charge in [-0.15, -0.1) is 0 Å². The molecule has 2 N–H and O–H groups in total. The molecule has 41 heavy (non-hydrogen) atoms. The Morgan fingerprint density at radius 3 is 2.44 bits per heavy atom. The summed E-state index contributed by atoms with van der Waals surface area (Å²) in [5.74, 6) is -1.77. The van der Waals surface area contributed by atoms with E-state index < -0.39 is 23.8 Å². The SMILES string of the molecule is CCOc1cc(/C=C2/C(=O)NC(=O)N(c3cccc(Cl)c3C)C2=O)cc(Cl)c1OCC(=O)Nc1ccc(C)c(C)c1. The number of barbiturate groups is 1. The van der Waals surface area contributed by atoms with Crippen molar-refractivity contribution in [3.05, 3.63) is 86.4 Å². The minimum absolute atomic E-state index is 0.0871. The number of carbonyl (C=O) groups is 4. The van der Waals surface area contributed by atoms with Gasteiger partial charge in [-0.1, -0.05) is 35.3 Å². The zero-order valence-electron chi connectivity index (χ0n) is 22.8. The van der Waals surface area contributed by atoms with E-state index in [1.165, 1.54) is 18.2 Å². The maximum atomic E-state index is 13.3. The number of nitrogens with zero attached hydrogens (tertiary/aromatic N) is 1. The maximum absolute atomic E-state index is 13.3. The summed E-state index contributed by atoms with van der Waals surface area (Å²) in [6, 6.07) is 12.4. The van der Waals surface area contributed by atoms with Crippen LogP contribution in [-0.2, 0) is 14.4 Å². The van der Waals surface area contributed by atoms with Gasteiger partial charge < -0.3 is 14.8 Å². The summed E-state index contributed by atoms with van der Waals surface area (Å²) in [6.07, 6.45) is 1.29. The van der Waals surface area contributed by atoms with Crippen molar-refractivity contribution < 1.29 is 28.7 Å². The van der Waals surface area contributed by atoms with Crippen LogP contribution in [0.5, 0.6) is 11.5 Å². The van der Waals surface area contributed by atoms with Gasteiger partial charge in [-0.2, -0.15) is 0 Å². The fourth-order valence-corrected chi connectivity index (χ4v) is 4.55. The van der Waals surface area contributed by atoms with E-state index in [-0.39, 0.29) is 41.0 Å². The Bertz CT molecular complexity index is 1600. The molecule has 0 spiro atoms. The summed E-state index contributed by atoms with van der Waals surface area (Å²) >= 11 is 12.7. The van der Waals surface area contributed by atoms with Crippen molar-refractivity contribution in [1.82, 2.24) is 5.32 Å². The summed E-state index contributed by atoms with van der Waals surface area (Å²) in [7, 11) is 0. The average molecular weight is 596 g/mol. The fraction of sp³-hybridized carbons (Fsp3) is 0.200. The molecular weight excluding hydrogens is 569 g/mol. The van der Waals surface area contributed by atoms with Crippen LogP contribution in [0.15, 0.2) is 54.1 Å². The highest BCUT2D eigenvalue weighted by molar-refractivity contribution is 6.40. The number of aryl methyl sites for hydroxylation is 2. The summed E-state index contributed by atoms with van der Waals surface area (Å²) in [6.45, 7) is 7.25. The highest BCUT2D eigenvalue weighted by Gasteiger charge is 2.37. The standard InChI is InChI=1S/C30H27Cl2N3O6/c1-5-40-25-14-19(13-23(32)27(25)41-15-26(36)33-20-10-9-16(2)17(3)11-20)12-21-28(37)34-30(39)35(29(21)38)24-8-6-7-22(31)18(24)4/h6-14H,5,15H2,1-4H3,(H,33,36)(H,34,37,39)/b21-12-. The van der Waals surface area contributed by atoms with E-state index in [0.717, 1.165) is 16.0 Å². The van der Waals surface area contributed by atoms with Gasteiger partial charge in [-0.05, 0) is 92.4 Å². The van der Waals surface area contributed by atoms with Gasteiger partial charge in [0, 0.05) is 10.7 Å². The second kappa shape index (κ2) is 12.4. The van der Waals surface area contributed by atoms with E-state index in [9.17, 15) is 19.2 Å². The number of rotatable bonds is 8. The molecule has 1 fully saturated rings. The number of nitrogens with one attached hydrogen (secondary N) is 2. The molecule has 212 valence electrons. The molecule has 1 aliphatic rings. The van der Waals surface area contributed by atoms with Crippen LogP contribution in [0.3, 0.4) is 0 Å². The predicted molar refractivity (Wildman–Crippen MR) is 158 cm³/mol. The third kappa shape index (κ3) is 6.53. The topological polar surface area (TPSA) is 114 Å². The normalized spacial score (nSPS) is 14.2. The van der Waals surface area contributed by atoms with Gasteiger partial charge >= 0.3 is 6.03 Å². The third-order valence-electron chi connectivity index (χ3n) is 6.36. The molecule has 0 saturated carbocycles. The molecule has 11 heteroatoms. The number of ether oxygens (including phenoxy) is 2.